The van der Waals surface area contributed by atoms with Crippen molar-refractivity contribution in [3.63, 3.8) is 0 Å². The number of ether oxygens (including phenoxy) is 1. The Kier molecular flexibility index (Phi) is 4.12. The van der Waals surface area contributed by atoms with E-state index in [1.165, 1.54) is 6.33 Å². The van der Waals surface area contributed by atoms with Crippen LogP contribution in [0, 0.1) is 0 Å². The lowest BCUT2D eigenvalue weighted by molar-refractivity contribution is 0.328. The van der Waals surface area contributed by atoms with E-state index in [9.17, 15) is 0 Å². The van der Waals surface area contributed by atoms with Crippen molar-refractivity contribution in [1.29, 1.82) is 0 Å². The SMILES string of the molecule is CCOc1ncnc(N(C)Cc2ccncc2)c1N. The Morgan fingerprint density at radius 3 is 2.68 bits per heavy atom. The molecule has 0 saturated heterocycles. The van der Waals surface area contributed by atoms with Crippen LogP contribution in [0.4, 0.5) is 11.5 Å². The van der Waals surface area contributed by atoms with E-state index in [1.807, 2.05) is 31.0 Å². The molecule has 0 unspecified atom stereocenters. The largest absolute Gasteiger partial charge is 0.476 e. The summed E-state index contributed by atoms with van der Waals surface area (Å²) in [5, 5.41) is 0. The molecule has 2 heterocycles. The molecule has 0 atom stereocenters. The topological polar surface area (TPSA) is 77.2 Å². The molecule has 0 aliphatic carbocycles. The van der Waals surface area contributed by atoms with Gasteiger partial charge in [0, 0.05) is 26.0 Å². The Hall–Kier alpha value is -2.37. The molecule has 2 N–H and O–H groups in total. The molecule has 2 rings (SSSR count). The first kappa shape index (κ1) is 13.1. The molecule has 0 aromatic carbocycles. The van der Waals surface area contributed by atoms with Gasteiger partial charge in [-0.2, -0.15) is 4.98 Å². The standard InChI is InChI=1S/C13H17N5O/c1-3-19-13-11(14)12(16-9-17-13)18(2)8-10-4-6-15-7-5-10/h4-7,9H,3,8,14H2,1-2H3. The van der Waals surface area contributed by atoms with Crippen molar-refractivity contribution >= 4 is 11.5 Å². The first-order valence-corrected chi connectivity index (χ1v) is 6.05. The molecule has 0 amide bonds. The number of nitrogens with two attached hydrogens (primary N) is 1. The Labute approximate surface area is 112 Å². The van der Waals surface area contributed by atoms with Crippen LogP contribution >= 0.6 is 0 Å². The number of hydrogen-bond donors (Lipinski definition) is 1. The van der Waals surface area contributed by atoms with Gasteiger partial charge in [0.1, 0.15) is 12.0 Å². The van der Waals surface area contributed by atoms with Gasteiger partial charge in [0.05, 0.1) is 6.61 Å². The number of nitrogens with zero attached hydrogens (tertiary/aromatic N) is 4. The van der Waals surface area contributed by atoms with Gasteiger partial charge in [0.25, 0.3) is 0 Å². The van der Waals surface area contributed by atoms with E-state index in [1.54, 1.807) is 12.4 Å². The highest BCUT2D eigenvalue weighted by Gasteiger charge is 2.13. The molecule has 6 nitrogen and oxygen atoms in total. The normalized spacial score (nSPS) is 10.2. The molecule has 0 fully saturated rings. The van der Waals surface area contributed by atoms with Crippen LogP contribution in [-0.4, -0.2) is 28.6 Å². The molecule has 0 aliphatic heterocycles. The molecular formula is C13H17N5O. The van der Waals surface area contributed by atoms with Crippen LogP contribution in [0.25, 0.3) is 0 Å². The summed E-state index contributed by atoms with van der Waals surface area (Å²) in [6, 6.07) is 3.91. The highest BCUT2D eigenvalue weighted by molar-refractivity contribution is 5.67. The highest BCUT2D eigenvalue weighted by Crippen LogP contribution is 2.27. The minimum Gasteiger partial charge on any atom is -0.476 e. The van der Waals surface area contributed by atoms with E-state index in [2.05, 4.69) is 15.0 Å². The van der Waals surface area contributed by atoms with Crippen molar-refractivity contribution in [3.05, 3.63) is 36.4 Å². The first-order chi connectivity index (χ1) is 9.22. The van der Waals surface area contributed by atoms with Crippen LogP contribution < -0.4 is 15.4 Å². The molecule has 100 valence electrons. The monoisotopic (exact) mass is 259 g/mol. The summed E-state index contributed by atoms with van der Waals surface area (Å²) in [4.78, 5) is 14.2. The van der Waals surface area contributed by atoms with Gasteiger partial charge in [-0.1, -0.05) is 0 Å². The lowest BCUT2D eigenvalue weighted by Crippen LogP contribution is -2.20. The maximum atomic E-state index is 6.02. The van der Waals surface area contributed by atoms with E-state index in [0.29, 0.717) is 30.5 Å². The summed E-state index contributed by atoms with van der Waals surface area (Å²) in [6.45, 7) is 3.10. The van der Waals surface area contributed by atoms with Crippen LogP contribution in [0.2, 0.25) is 0 Å². The summed E-state index contributed by atoms with van der Waals surface area (Å²) in [5.74, 6) is 1.09. The van der Waals surface area contributed by atoms with Crippen LogP contribution in [0.5, 0.6) is 5.88 Å². The quantitative estimate of drug-likeness (QED) is 0.876. The second-order valence-electron chi connectivity index (χ2n) is 4.06. The second kappa shape index (κ2) is 5.99. The predicted molar refractivity (Wildman–Crippen MR) is 74.0 cm³/mol. The number of rotatable bonds is 5. The lowest BCUT2D eigenvalue weighted by atomic mass is 10.2. The summed E-state index contributed by atoms with van der Waals surface area (Å²) < 4.78 is 5.36. The Balaban J connectivity index is 2.19. The van der Waals surface area contributed by atoms with Crippen molar-refractivity contribution in [3.8, 4) is 5.88 Å². The van der Waals surface area contributed by atoms with E-state index in [0.717, 1.165) is 5.56 Å². The molecule has 0 aliphatic rings. The minimum atomic E-state index is 0.425. The van der Waals surface area contributed by atoms with Crippen LogP contribution in [0.15, 0.2) is 30.9 Å². The van der Waals surface area contributed by atoms with Gasteiger partial charge in [-0.25, -0.2) is 4.98 Å². The van der Waals surface area contributed by atoms with Crippen molar-refractivity contribution in [1.82, 2.24) is 15.0 Å². The smallest absolute Gasteiger partial charge is 0.242 e. The van der Waals surface area contributed by atoms with E-state index < -0.39 is 0 Å². The summed E-state index contributed by atoms with van der Waals surface area (Å²) >= 11 is 0. The maximum absolute atomic E-state index is 6.02. The van der Waals surface area contributed by atoms with Gasteiger partial charge < -0.3 is 15.4 Å². The Morgan fingerprint density at radius 1 is 1.26 bits per heavy atom. The predicted octanol–water partition coefficient (Wildman–Crippen LogP) is 1.49. The second-order valence-corrected chi connectivity index (χ2v) is 4.06. The molecular weight excluding hydrogens is 242 g/mol. The van der Waals surface area contributed by atoms with Gasteiger partial charge in [-0.15, -0.1) is 0 Å². The van der Waals surface area contributed by atoms with Gasteiger partial charge in [0.15, 0.2) is 5.82 Å². The van der Waals surface area contributed by atoms with Crippen LogP contribution in [-0.2, 0) is 6.54 Å². The lowest BCUT2D eigenvalue weighted by Gasteiger charge is -2.20. The average molecular weight is 259 g/mol. The fourth-order valence-electron chi connectivity index (χ4n) is 1.76. The number of aromatic nitrogens is 3. The highest BCUT2D eigenvalue weighted by atomic mass is 16.5. The summed E-state index contributed by atoms with van der Waals surface area (Å²) in [7, 11) is 1.93. The molecule has 0 saturated carbocycles. The van der Waals surface area contributed by atoms with Crippen molar-refractivity contribution < 1.29 is 4.74 Å². The Bertz CT molecular complexity index is 532. The molecule has 6 heteroatoms. The zero-order chi connectivity index (χ0) is 13.7. The maximum Gasteiger partial charge on any atom is 0.242 e. The van der Waals surface area contributed by atoms with Crippen molar-refractivity contribution in [2.75, 3.05) is 24.3 Å². The van der Waals surface area contributed by atoms with Gasteiger partial charge in [-0.3, -0.25) is 4.98 Å². The van der Waals surface area contributed by atoms with Gasteiger partial charge in [0.2, 0.25) is 5.88 Å². The third kappa shape index (κ3) is 3.09. The number of anilines is 2. The van der Waals surface area contributed by atoms with Crippen LogP contribution in [0.1, 0.15) is 12.5 Å². The minimum absolute atomic E-state index is 0.425. The molecule has 0 spiro atoms. The third-order valence-corrected chi connectivity index (χ3v) is 2.64. The van der Waals surface area contributed by atoms with Crippen LogP contribution in [0.3, 0.4) is 0 Å². The molecule has 2 aromatic heterocycles. The molecule has 0 bridgehead atoms. The first-order valence-electron chi connectivity index (χ1n) is 6.05. The van der Waals surface area contributed by atoms with E-state index in [-0.39, 0.29) is 0 Å². The number of pyridine rings is 1. The van der Waals surface area contributed by atoms with E-state index in [4.69, 9.17) is 10.5 Å². The fraction of sp³-hybridized carbons (Fsp3) is 0.308. The van der Waals surface area contributed by atoms with E-state index >= 15 is 0 Å². The molecule has 2 aromatic rings. The average Bonchev–Trinajstić information content (AvgIpc) is 2.42. The van der Waals surface area contributed by atoms with Crippen molar-refractivity contribution in [2.45, 2.75) is 13.5 Å². The summed E-state index contributed by atoms with van der Waals surface area (Å²) in [5.41, 5.74) is 7.61. The zero-order valence-corrected chi connectivity index (χ0v) is 11.1. The summed E-state index contributed by atoms with van der Waals surface area (Å²) in [6.07, 6.45) is 4.98. The van der Waals surface area contributed by atoms with Crippen molar-refractivity contribution in [2.24, 2.45) is 0 Å². The van der Waals surface area contributed by atoms with Gasteiger partial charge >= 0.3 is 0 Å². The number of hydrogen-bond acceptors (Lipinski definition) is 6. The fourth-order valence-corrected chi connectivity index (χ4v) is 1.76. The molecule has 0 radical (unpaired) electrons. The zero-order valence-electron chi connectivity index (χ0n) is 11.1. The van der Waals surface area contributed by atoms with Gasteiger partial charge in [-0.05, 0) is 24.6 Å². The molecule has 19 heavy (non-hydrogen) atoms. The Morgan fingerprint density at radius 2 is 2.00 bits per heavy atom. The third-order valence-electron chi connectivity index (χ3n) is 2.64. The number of nitrogen functional groups attached to an aromatic ring is 1.